The molecule has 136 valence electrons. The number of benzene rings is 2. The van der Waals surface area contributed by atoms with Crippen LogP contribution in [0, 0.1) is 5.82 Å². The van der Waals surface area contributed by atoms with Crippen molar-refractivity contribution in [1.82, 2.24) is 5.32 Å². The van der Waals surface area contributed by atoms with E-state index >= 15 is 0 Å². The number of halogens is 2. The van der Waals surface area contributed by atoms with Gasteiger partial charge >= 0.3 is 5.97 Å². The molecule has 0 unspecified atom stereocenters. The molecule has 26 heavy (non-hydrogen) atoms. The van der Waals surface area contributed by atoms with Gasteiger partial charge in [-0.1, -0.05) is 29.8 Å². The van der Waals surface area contributed by atoms with Crippen LogP contribution in [-0.2, 0) is 20.9 Å². The van der Waals surface area contributed by atoms with Crippen molar-refractivity contribution >= 4 is 29.3 Å². The standard InChI is InChI=1S/C19H17ClFNO4/c20-15-7-5-13(6-8-15)17(23)9-10-19(25)26-12-18(24)22-11-14-3-1-2-4-16(14)21/h1-8H,9-12H2,(H,22,24). The molecule has 1 amide bonds. The number of amides is 1. The largest absolute Gasteiger partial charge is 0.456 e. The van der Waals surface area contributed by atoms with Crippen molar-refractivity contribution in [2.75, 3.05) is 6.61 Å². The number of ketones is 1. The molecule has 0 radical (unpaired) electrons. The predicted molar refractivity (Wildman–Crippen MR) is 94.2 cm³/mol. The zero-order valence-electron chi connectivity index (χ0n) is 13.8. The molecule has 0 heterocycles. The Hall–Kier alpha value is -2.73. The number of esters is 1. The van der Waals surface area contributed by atoms with E-state index < -0.39 is 24.3 Å². The van der Waals surface area contributed by atoms with Gasteiger partial charge in [0.2, 0.25) is 0 Å². The van der Waals surface area contributed by atoms with E-state index in [1.807, 2.05) is 0 Å². The fourth-order valence-corrected chi connectivity index (χ4v) is 2.23. The van der Waals surface area contributed by atoms with Gasteiger partial charge < -0.3 is 10.1 Å². The molecule has 0 fully saturated rings. The lowest BCUT2D eigenvalue weighted by Gasteiger charge is -2.07. The second kappa shape index (κ2) is 9.68. The number of ether oxygens (including phenoxy) is 1. The van der Waals surface area contributed by atoms with Crippen LogP contribution < -0.4 is 5.32 Å². The van der Waals surface area contributed by atoms with E-state index in [2.05, 4.69) is 5.32 Å². The summed E-state index contributed by atoms with van der Waals surface area (Å²) in [5, 5.41) is 2.97. The molecule has 7 heteroatoms. The molecule has 0 spiro atoms. The lowest BCUT2D eigenvalue weighted by atomic mass is 10.1. The van der Waals surface area contributed by atoms with Crippen molar-refractivity contribution in [3.05, 3.63) is 70.5 Å². The molecule has 5 nitrogen and oxygen atoms in total. The lowest BCUT2D eigenvalue weighted by Crippen LogP contribution is -2.28. The maximum absolute atomic E-state index is 13.4. The molecule has 2 rings (SSSR count). The SMILES string of the molecule is O=C(COC(=O)CCC(=O)c1ccc(Cl)cc1)NCc1ccccc1F. The van der Waals surface area contributed by atoms with Crippen molar-refractivity contribution in [2.24, 2.45) is 0 Å². The van der Waals surface area contributed by atoms with Crippen LogP contribution in [-0.4, -0.2) is 24.3 Å². The fourth-order valence-electron chi connectivity index (χ4n) is 2.10. The first-order valence-electron chi connectivity index (χ1n) is 7.90. The fraction of sp³-hybridized carbons (Fsp3) is 0.211. The van der Waals surface area contributed by atoms with Gasteiger partial charge in [0, 0.05) is 29.1 Å². The molecule has 0 bridgehead atoms. The van der Waals surface area contributed by atoms with Crippen LogP contribution in [0.4, 0.5) is 4.39 Å². The van der Waals surface area contributed by atoms with Crippen molar-refractivity contribution in [3.8, 4) is 0 Å². The van der Waals surface area contributed by atoms with Gasteiger partial charge in [-0.25, -0.2) is 4.39 Å². The summed E-state index contributed by atoms with van der Waals surface area (Å²) in [6.45, 7) is -0.486. The van der Waals surface area contributed by atoms with Crippen LogP contribution in [0.3, 0.4) is 0 Å². The predicted octanol–water partition coefficient (Wildman–Crippen LogP) is 3.30. The van der Waals surface area contributed by atoms with Crippen LogP contribution in [0.25, 0.3) is 0 Å². The van der Waals surface area contributed by atoms with Crippen molar-refractivity contribution < 1.29 is 23.5 Å². The third-order valence-corrected chi connectivity index (χ3v) is 3.77. The second-order valence-corrected chi connectivity index (χ2v) is 5.90. The smallest absolute Gasteiger partial charge is 0.306 e. The topological polar surface area (TPSA) is 72.5 Å². The molecule has 0 aliphatic rings. The normalized spacial score (nSPS) is 10.2. The van der Waals surface area contributed by atoms with Gasteiger partial charge in [0.05, 0.1) is 6.42 Å². The third kappa shape index (κ3) is 6.29. The molecular weight excluding hydrogens is 361 g/mol. The van der Waals surface area contributed by atoms with Gasteiger partial charge in [0.1, 0.15) is 5.82 Å². The minimum absolute atomic E-state index is 0.00188. The van der Waals surface area contributed by atoms with Gasteiger partial charge in [-0.3, -0.25) is 14.4 Å². The number of rotatable bonds is 8. The third-order valence-electron chi connectivity index (χ3n) is 3.52. The van der Waals surface area contributed by atoms with E-state index in [1.165, 1.54) is 6.07 Å². The number of carbonyl (C=O) groups excluding carboxylic acids is 3. The Kier molecular flexibility index (Phi) is 7.29. The Labute approximate surface area is 155 Å². The summed E-state index contributed by atoms with van der Waals surface area (Å²) in [7, 11) is 0. The highest BCUT2D eigenvalue weighted by atomic mass is 35.5. The van der Waals surface area contributed by atoms with Crippen LogP contribution in [0.15, 0.2) is 48.5 Å². The van der Waals surface area contributed by atoms with Crippen LogP contribution in [0.5, 0.6) is 0 Å². The quantitative estimate of drug-likeness (QED) is 0.566. The zero-order valence-corrected chi connectivity index (χ0v) is 14.6. The van der Waals surface area contributed by atoms with Crippen LogP contribution >= 0.6 is 11.6 Å². The number of Topliss-reactive ketones (excluding diaryl/α,β-unsaturated/α-hetero) is 1. The van der Waals surface area contributed by atoms with E-state index in [-0.39, 0.29) is 25.2 Å². The van der Waals surface area contributed by atoms with E-state index in [0.29, 0.717) is 16.1 Å². The Morgan fingerprint density at radius 3 is 2.38 bits per heavy atom. The van der Waals surface area contributed by atoms with Gasteiger partial charge in [0.15, 0.2) is 12.4 Å². The van der Waals surface area contributed by atoms with E-state index in [4.69, 9.17) is 16.3 Å². The first-order valence-corrected chi connectivity index (χ1v) is 8.28. The van der Waals surface area contributed by atoms with Gasteiger partial charge in [-0.2, -0.15) is 0 Å². The molecule has 2 aromatic carbocycles. The highest BCUT2D eigenvalue weighted by molar-refractivity contribution is 6.30. The summed E-state index contributed by atoms with van der Waals surface area (Å²) in [4.78, 5) is 35.2. The van der Waals surface area contributed by atoms with E-state index in [1.54, 1.807) is 42.5 Å². The van der Waals surface area contributed by atoms with Crippen molar-refractivity contribution in [3.63, 3.8) is 0 Å². The molecule has 0 atom stereocenters. The molecule has 0 aliphatic heterocycles. The van der Waals surface area contributed by atoms with Crippen molar-refractivity contribution in [1.29, 1.82) is 0 Å². The van der Waals surface area contributed by atoms with E-state index in [0.717, 1.165) is 0 Å². The number of nitrogens with one attached hydrogen (secondary N) is 1. The Bertz CT molecular complexity index is 792. The zero-order chi connectivity index (χ0) is 18.9. The Balaban J connectivity index is 1.68. The minimum atomic E-state index is -0.659. The first kappa shape index (κ1) is 19.6. The average molecular weight is 378 g/mol. The van der Waals surface area contributed by atoms with Crippen molar-refractivity contribution in [2.45, 2.75) is 19.4 Å². The summed E-state index contributed by atoms with van der Waals surface area (Å²) in [6.07, 6.45) is -0.167. The summed E-state index contributed by atoms with van der Waals surface area (Å²) >= 11 is 5.74. The molecule has 0 aliphatic carbocycles. The lowest BCUT2D eigenvalue weighted by molar-refractivity contribution is -0.148. The minimum Gasteiger partial charge on any atom is -0.456 e. The second-order valence-electron chi connectivity index (χ2n) is 5.46. The Morgan fingerprint density at radius 2 is 1.69 bits per heavy atom. The van der Waals surface area contributed by atoms with Crippen LogP contribution in [0.1, 0.15) is 28.8 Å². The summed E-state index contributed by atoms with van der Waals surface area (Å²) in [6, 6.07) is 12.4. The molecular formula is C19H17ClFNO4. The average Bonchev–Trinajstić information content (AvgIpc) is 2.64. The molecule has 0 aromatic heterocycles. The first-order chi connectivity index (χ1) is 12.5. The van der Waals surface area contributed by atoms with E-state index in [9.17, 15) is 18.8 Å². The number of hydrogen-bond acceptors (Lipinski definition) is 4. The number of carbonyl (C=O) groups is 3. The van der Waals surface area contributed by atoms with Crippen LogP contribution in [0.2, 0.25) is 5.02 Å². The highest BCUT2D eigenvalue weighted by Gasteiger charge is 2.12. The van der Waals surface area contributed by atoms with Gasteiger partial charge in [0.25, 0.3) is 5.91 Å². The highest BCUT2D eigenvalue weighted by Crippen LogP contribution is 2.12. The molecule has 2 aromatic rings. The molecule has 0 saturated carbocycles. The summed E-state index contributed by atoms with van der Waals surface area (Å²) in [5.74, 6) is -1.85. The molecule has 1 N–H and O–H groups in total. The maximum Gasteiger partial charge on any atom is 0.306 e. The summed E-state index contributed by atoms with van der Waals surface area (Å²) < 4.78 is 18.2. The number of hydrogen-bond donors (Lipinski definition) is 1. The maximum atomic E-state index is 13.4. The van der Waals surface area contributed by atoms with Gasteiger partial charge in [-0.05, 0) is 30.3 Å². The monoisotopic (exact) mass is 377 g/mol. The molecule has 0 saturated heterocycles. The van der Waals surface area contributed by atoms with Gasteiger partial charge in [-0.15, -0.1) is 0 Å². The summed E-state index contributed by atoms with van der Waals surface area (Å²) in [5.41, 5.74) is 0.783. The Morgan fingerprint density at radius 1 is 1.00 bits per heavy atom.